The molecule has 0 saturated carbocycles. The van der Waals surface area contributed by atoms with Gasteiger partial charge in [0.05, 0.1) is 22.4 Å². The van der Waals surface area contributed by atoms with Crippen molar-refractivity contribution in [3.8, 4) is 0 Å². The molecule has 0 saturated heterocycles. The summed E-state index contributed by atoms with van der Waals surface area (Å²) in [7, 11) is 0. The Kier molecular flexibility index (Phi) is 6.16. The lowest BCUT2D eigenvalue weighted by Crippen LogP contribution is -2.21. The van der Waals surface area contributed by atoms with Crippen LogP contribution in [0, 0.1) is 13.8 Å². The fourth-order valence-electron chi connectivity index (χ4n) is 3.12. The van der Waals surface area contributed by atoms with Gasteiger partial charge in [-0.05, 0) is 44.5 Å². The largest absolute Gasteiger partial charge is 0.418 e. The highest BCUT2D eigenvalue weighted by atomic mass is 32.2. The summed E-state index contributed by atoms with van der Waals surface area (Å²) in [5.41, 5.74) is 0.279. The van der Waals surface area contributed by atoms with Crippen LogP contribution in [0.5, 0.6) is 0 Å². The van der Waals surface area contributed by atoms with E-state index in [0.717, 1.165) is 29.1 Å². The van der Waals surface area contributed by atoms with Crippen LogP contribution < -0.4 is 10.9 Å². The molecule has 1 aromatic carbocycles. The third-order valence-electron chi connectivity index (χ3n) is 4.38. The Morgan fingerprint density at radius 2 is 1.90 bits per heavy atom. The summed E-state index contributed by atoms with van der Waals surface area (Å²) in [6.07, 6.45) is -4.58. The Morgan fingerprint density at radius 3 is 2.57 bits per heavy atom. The van der Waals surface area contributed by atoms with Crippen LogP contribution in [0.15, 0.2) is 40.3 Å². The first kappa shape index (κ1) is 21.8. The van der Waals surface area contributed by atoms with E-state index in [1.165, 1.54) is 18.2 Å². The number of carbonyl (C=O) groups is 1. The zero-order valence-electron chi connectivity index (χ0n) is 16.5. The number of carbonyl (C=O) groups excluding carboxylic acids is 1. The van der Waals surface area contributed by atoms with E-state index < -0.39 is 23.2 Å². The summed E-state index contributed by atoms with van der Waals surface area (Å²) < 4.78 is 41.0. The summed E-state index contributed by atoms with van der Waals surface area (Å²) in [5.74, 6) is -0.850. The molecule has 0 fully saturated rings. The number of hydrogen-bond acceptors (Lipinski definition) is 5. The number of para-hydroxylation sites is 1. The molecule has 2 aromatic heterocycles. The number of anilines is 1. The van der Waals surface area contributed by atoms with Gasteiger partial charge in [0.1, 0.15) is 5.65 Å². The maximum Gasteiger partial charge on any atom is 0.418 e. The molecule has 2 heterocycles. The zero-order chi connectivity index (χ0) is 22.1. The Hall–Kier alpha value is -2.88. The number of nitrogens with one attached hydrogen (secondary N) is 1. The van der Waals surface area contributed by atoms with Gasteiger partial charge in [-0.3, -0.25) is 9.59 Å². The minimum atomic E-state index is -4.58. The van der Waals surface area contributed by atoms with Gasteiger partial charge in [0.2, 0.25) is 5.91 Å². The molecule has 0 aliphatic carbocycles. The van der Waals surface area contributed by atoms with Gasteiger partial charge in [-0.15, -0.1) is 0 Å². The van der Waals surface area contributed by atoms with Crippen molar-refractivity contribution in [2.75, 3.05) is 11.1 Å². The fourth-order valence-corrected chi connectivity index (χ4v) is 3.97. The van der Waals surface area contributed by atoms with Gasteiger partial charge in [-0.1, -0.05) is 23.9 Å². The molecular formula is C20H19F3N4O2S. The number of halogens is 3. The Balaban J connectivity index is 1.86. The lowest BCUT2D eigenvalue weighted by Gasteiger charge is -2.15. The first-order chi connectivity index (χ1) is 14.1. The van der Waals surface area contributed by atoms with E-state index in [9.17, 15) is 22.8 Å². The van der Waals surface area contributed by atoms with Crippen LogP contribution in [0.3, 0.4) is 0 Å². The van der Waals surface area contributed by atoms with Gasteiger partial charge < -0.3 is 9.88 Å². The lowest BCUT2D eigenvalue weighted by molar-refractivity contribution is -0.137. The summed E-state index contributed by atoms with van der Waals surface area (Å²) in [4.78, 5) is 33.3. The predicted octanol–water partition coefficient (Wildman–Crippen LogP) is 4.18. The lowest BCUT2D eigenvalue weighted by atomic mass is 10.1. The SMILES string of the molecule is CCn1c(SCC(=O)Nc2ccccc2C(F)(F)F)nc(=O)c2c(C)cc(C)nc21. The van der Waals surface area contributed by atoms with E-state index in [-0.39, 0.29) is 16.6 Å². The van der Waals surface area contributed by atoms with E-state index in [2.05, 4.69) is 15.3 Å². The van der Waals surface area contributed by atoms with Crippen molar-refractivity contribution in [1.29, 1.82) is 0 Å². The quantitative estimate of drug-likeness (QED) is 0.480. The smallest absolute Gasteiger partial charge is 0.325 e. The summed E-state index contributed by atoms with van der Waals surface area (Å²) in [5, 5.41) is 2.98. The minimum Gasteiger partial charge on any atom is -0.325 e. The van der Waals surface area contributed by atoms with Crippen molar-refractivity contribution in [3.05, 3.63) is 57.5 Å². The van der Waals surface area contributed by atoms with Crippen molar-refractivity contribution in [2.45, 2.75) is 38.6 Å². The molecule has 3 aromatic rings. The van der Waals surface area contributed by atoms with E-state index in [4.69, 9.17) is 0 Å². The van der Waals surface area contributed by atoms with Gasteiger partial charge in [-0.25, -0.2) is 4.98 Å². The Bertz CT molecular complexity index is 1180. The average Bonchev–Trinajstić information content (AvgIpc) is 2.65. The molecule has 1 amide bonds. The monoisotopic (exact) mass is 436 g/mol. The van der Waals surface area contributed by atoms with Crippen LogP contribution in [-0.2, 0) is 17.5 Å². The Labute approximate surface area is 174 Å². The molecule has 0 aliphatic heterocycles. The maximum atomic E-state index is 13.1. The second-order valence-corrected chi connectivity index (χ2v) is 7.55. The molecule has 10 heteroatoms. The highest BCUT2D eigenvalue weighted by molar-refractivity contribution is 7.99. The summed E-state index contributed by atoms with van der Waals surface area (Å²) in [6, 6.07) is 6.55. The second kappa shape index (κ2) is 8.47. The normalized spacial score (nSPS) is 11.7. The fraction of sp³-hybridized carbons (Fsp3) is 0.300. The van der Waals surface area contributed by atoms with E-state index >= 15 is 0 Å². The van der Waals surface area contributed by atoms with E-state index in [1.807, 2.05) is 13.8 Å². The molecule has 0 spiro atoms. The highest BCUT2D eigenvalue weighted by Gasteiger charge is 2.33. The third kappa shape index (κ3) is 4.48. The molecule has 1 N–H and O–H groups in total. The minimum absolute atomic E-state index is 0.213. The van der Waals surface area contributed by atoms with Gasteiger partial charge in [-0.2, -0.15) is 18.2 Å². The van der Waals surface area contributed by atoms with Crippen molar-refractivity contribution < 1.29 is 18.0 Å². The van der Waals surface area contributed by atoms with Crippen molar-refractivity contribution >= 4 is 34.4 Å². The van der Waals surface area contributed by atoms with Gasteiger partial charge >= 0.3 is 6.18 Å². The number of pyridine rings is 1. The maximum absolute atomic E-state index is 13.1. The van der Waals surface area contributed by atoms with Crippen molar-refractivity contribution in [1.82, 2.24) is 14.5 Å². The molecule has 158 valence electrons. The van der Waals surface area contributed by atoms with Crippen LogP contribution in [0.25, 0.3) is 11.0 Å². The number of amides is 1. The number of aryl methyl sites for hydroxylation is 3. The first-order valence-electron chi connectivity index (χ1n) is 9.09. The van der Waals surface area contributed by atoms with Crippen LogP contribution in [0.4, 0.5) is 18.9 Å². The third-order valence-corrected chi connectivity index (χ3v) is 5.35. The second-order valence-electron chi connectivity index (χ2n) is 6.60. The van der Waals surface area contributed by atoms with Gasteiger partial charge in [0, 0.05) is 12.2 Å². The summed E-state index contributed by atoms with van der Waals surface area (Å²) >= 11 is 0.972. The molecule has 0 bridgehead atoms. The number of aromatic nitrogens is 3. The highest BCUT2D eigenvalue weighted by Crippen LogP contribution is 2.34. The van der Waals surface area contributed by atoms with Crippen LogP contribution in [0.1, 0.15) is 23.7 Å². The standard InChI is InChI=1S/C20H19F3N4O2S/c1-4-27-17-16(11(2)9-12(3)24-17)18(29)26-19(27)30-10-15(28)25-14-8-6-5-7-13(14)20(21,22)23/h5-9H,4,10H2,1-3H3,(H,25,28). The van der Waals surface area contributed by atoms with Gasteiger partial charge in [0.15, 0.2) is 5.16 Å². The zero-order valence-corrected chi connectivity index (χ0v) is 17.3. The van der Waals surface area contributed by atoms with Gasteiger partial charge in [0.25, 0.3) is 5.56 Å². The number of thioether (sulfide) groups is 1. The first-order valence-corrected chi connectivity index (χ1v) is 10.1. The molecule has 0 aliphatic rings. The van der Waals surface area contributed by atoms with Crippen molar-refractivity contribution in [2.24, 2.45) is 0 Å². The number of fused-ring (bicyclic) bond motifs is 1. The van der Waals surface area contributed by atoms with E-state index in [0.29, 0.717) is 17.6 Å². The van der Waals surface area contributed by atoms with Crippen LogP contribution >= 0.6 is 11.8 Å². The Morgan fingerprint density at radius 1 is 1.20 bits per heavy atom. The number of hydrogen-bond donors (Lipinski definition) is 1. The topological polar surface area (TPSA) is 76.9 Å². The number of benzene rings is 1. The van der Waals surface area contributed by atoms with Crippen LogP contribution in [0.2, 0.25) is 0 Å². The van der Waals surface area contributed by atoms with Crippen LogP contribution in [-0.4, -0.2) is 26.2 Å². The molecule has 6 nitrogen and oxygen atoms in total. The molecule has 0 radical (unpaired) electrons. The summed E-state index contributed by atoms with van der Waals surface area (Å²) in [6.45, 7) is 5.93. The molecular weight excluding hydrogens is 417 g/mol. The van der Waals surface area contributed by atoms with E-state index in [1.54, 1.807) is 17.6 Å². The molecule has 30 heavy (non-hydrogen) atoms. The number of alkyl halides is 3. The average molecular weight is 436 g/mol. The number of nitrogens with zero attached hydrogens (tertiary/aromatic N) is 3. The van der Waals surface area contributed by atoms with Crippen molar-refractivity contribution in [3.63, 3.8) is 0 Å². The molecule has 0 atom stereocenters. The predicted molar refractivity (Wildman–Crippen MR) is 110 cm³/mol. The molecule has 3 rings (SSSR count). The molecule has 0 unspecified atom stereocenters. The number of rotatable bonds is 5.